The molecule has 192 valence electrons. The van der Waals surface area contributed by atoms with Crippen molar-refractivity contribution >= 4 is 29.3 Å². The maximum absolute atomic E-state index is 12.4. The van der Waals surface area contributed by atoms with Gasteiger partial charge in [0.15, 0.2) is 0 Å². The van der Waals surface area contributed by atoms with E-state index in [0.29, 0.717) is 22.9 Å². The molecule has 0 aliphatic heterocycles. The van der Waals surface area contributed by atoms with Crippen LogP contribution in [0, 0.1) is 5.92 Å². The second-order valence-corrected chi connectivity index (χ2v) is 9.52. The molecule has 8 heteroatoms. The highest BCUT2D eigenvalue weighted by Gasteiger charge is 2.39. The molecule has 0 radical (unpaired) electrons. The van der Waals surface area contributed by atoms with Crippen molar-refractivity contribution in [3.05, 3.63) is 95.1 Å². The second kappa shape index (κ2) is 11.6. The number of rotatable bonds is 9. The Bertz CT molecular complexity index is 1260. The highest BCUT2D eigenvalue weighted by Crippen LogP contribution is 2.41. The number of benzene rings is 3. The molecule has 0 bridgehead atoms. The fourth-order valence-electron chi connectivity index (χ4n) is 3.89. The molecule has 1 fully saturated rings. The Balaban J connectivity index is 1.18. The normalized spacial score (nSPS) is 16.1. The van der Waals surface area contributed by atoms with E-state index in [4.69, 9.17) is 10.5 Å². The minimum absolute atomic E-state index is 0.0157. The van der Waals surface area contributed by atoms with Gasteiger partial charge >= 0.3 is 6.09 Å². The van der Waals surface area contributed by atoms with Crippen LogP contribution in [0.5, 0.6) is 0 Å². The van der Waals surface area contributed by atoms with Crippen LogP contribution in [0.25, 0.3) is 0 Å². The number of hydrogen-bond acceptors (Lipinski definition) is 5. The van der Waals surface area contributed by atoms with Crippen molar-refractivity contribution in [1.82, 2.24) is 10.6 Å². The Kier molecular flexibility index (Phi) is 8.08. The number of carbonyl (C=O) groups is 3. The van der Waals surface area contributed by atoms with Gasteiger partial charge in [-0.05, 0) is 47.4 Å². The molecule has 1 unspecified atom stereocenters. The van der Waals surface area contributed by atoms with Crippen molar-refractivity contribution in [3.63, 3.8) is 0 Å². The van der Waals surface area contributed by atoms with E-state index in [1.807, 2.05) is 38.1 Å². The number of amides is 3. The van der Waals surface area contributed by atoms with Gasteiger partial charge in [0.2, 0.25) is 5.91 Å². The SMILES string of the molecule is CC(C)C(=O)N[C@H]1CC1c1ccc(COC(=O)NCc2ccc(C(=O)Nc3ccccc3N)cc2)cc1. The predicted octanol–water partition coefficient (Wildman–Crippen LogP) is 4.58. The smallest absolute Gasteiger partial charge is 0.407 e. The molecule has 0 aromatic heterocycles. The first-order chi connectivity index (χ1) is 17.8. The van der Waals surface area contributed by atoms with Crippen LogP contribution < -0.4 is 21.7 Å². The Morgan fingerprint density at radius 2 is 1.62 bits per heavy atom. The molecule has 8 nitrogen and oxygen atoms in total. The van der Waals surface area contributed by atoms with Crippen LogP contribution >= 0.6 is 0 Å². The monoisotopic (exact) mass is 500 g/mol. The molecule has 1 aliphatic carbocycles. The number of ether oxygens (including phenoxy) is 1. The number of anilines is 2. The molecule has 0 spiro atoms. The van der Waals surface area contributed by atoms with Crippen LogP contribution in [0.3, 0.4) is 0 Å². The van der Waals surface area contributed by atoms with Gasteiger partial charge in [0.1, 0.15) is 6.61 Å². The lowest BCUT2D eigenvalue weighted by Crippen LogP contribution is -2.30. The quantitative estimate of drug-likeness (QED) is 0.321. The molecular formula is C29H32N4O4. The van der Waals surface area contributed by atoms with Gasteiger partial charge in [0, 0.05) is 30.0 Å². The molecule has 0 saturated heterocycles. The third kappa shape index (κ3) is 7.10. The molecule has 0 heterocycles. The van der Waals surface area contributed by atoms with Crippen molar-refractivity contribution in [2.45, 2.75) is 45.4 Å². The van der Waals surface area contributed by atoms with Crippen LogP contribution in [0.1, 0.15) is 53.2 Å². The predicted molar refractivity (Wildman–Crippen MR) is 143 cm³/mol. The molecule has 3 aromatic carbocycles. The number of alkyl carbamates (subject to hydrolysis) is 1. The van der Waals surface area contributed by atoms with E-state index >= 15 is 0 Å². The van der Waals surface area contributed by atoms with E-state index in [0.717, 1.165) is 17.5 Å². The first-order valence-corrected chi connectivity index (χ1v) is 12.3. The number of nitrogens with two attached hydrogens (primary N) is 1. The molecular weight excluding hydrogens is 468 g/mol. The van der Waals surface area contributed by atoms with Crippen LogP contribution in [0.15, 0.2) is 72.8 Å². The van der Waals surface area contributed by atoms with Crippen molar-refractivity contribution in [2.24, 2.45) is 5.92 Å². The Morgan fingerprint density at radius 3 is 2.30 bits per heavy atom. The van der Waals surface area contributed by atoms with Gasteiger partial charge < -0.3 is 26.4 Å². The van der Waals surface area contributed by atoms with E-state index in [-0.39, 0.29) is 36.9 Å². The summed E-state index contributed by atoms with van der Waals surface area (Å²) in [6.07, 6.45) is 0.424. The third-order valence-electron chi connectivity index (χ3n) is 6.28. The number of nitrogen functional groups attached to an aromatic ring is 1. The van der Waals surface area contributed by atoms with Gasteiger partial charge in [0.25, 0.3) is 5.91 Å². The molecule has 3 amide bonds. The van der Waals surface area contributed by atoms with Crippen molar-refractivity contribution in [3.8, 4) is 0 Å². The molecule has 37 heavy (non-hydrogen) atoms. The van der Waals surface area contributed by atoms with Crippen molar-refractivity contribution in [1.29, 1.82) is 0 Å². The molecule has 1 aliphatic rings. The van der Waals surface area contributed by atoms with Gasteiger partial charge in [-0.15, -0.1) is 0 Å². The second-order valence-electron chi connectivity index (χ2n) is 9.52. The largest absolute Gasteiger partial charge is 0.445 e. The lowest BCUT2D eigenvalue weighted by atomic mass is 10.1. The van der Waals surface area contributed by atoms with Gasteiger partial charge in [-0.3, -0.25) is 9.59 Å². The van der Waals surface area contributed by atoms with E-state index in [2.05, 4.69) is 16.0 Å². The average molecular weight is 501 g/mol. The molecule has 5 N–H and O–H groups in total. The fourth-order valence-corrected chi connectivity index (χ4v) is 3.89. The summed E-state index contributed by atoms with van der Waals surface area (Å²) >= 11 is 0. The van der Waals surface area contributed by atoms with Crippen LogP contribution in [0.4, 0.5) is 16.2 Å². The van der Waals surface area contributed by atoms with Crippen LogP contribution in [-0.2, 0) is 22.7 Å². The molecule has 1 saturated carbocycles. The standard InChI is InChI=1S/C29H32N4O4/c1-18(2)27(34)33-26-15-23(26)21-11-9-20(10-12-21)17-37-29(36)31-16-19-7-13-22(14-8-19)28(35)32-25-6-4-3-5-24(25)30/h3-14,18,23,26H,15-17,30H2,1-2H3,(H,31,36)(H,32,35)(H,33,34)/t23?,26-/m0/s1. The lowest BCUT2D eigenvalue weighted by molar-refractivity contribution is -0.124. The number of carbonyl (C=O) groups excluding carboxylic acids is 3. The molecule has 2 atom stereocenters. The van der Waals surface area contributed by atoms with E-state index in [1.54, 1.807) is 48.5 Å². The van der Waals surface area contributed by atoms with E-state index < -0.39 is 6.09 Å². The van der Waals surface area contributed by atoms with E-state index in [1.165, 1.54) is 5.56 Å². The summed E-state index contributed by atoms with van der Waals surface area (Å²) < 4.78 is 5.32. The van der Waals surface area contributed by atoms with E-state index in [9.17, 15) is 14.4 Å². The Labute approximate surface area is 216 Å². The minimum Gasteiger partial charge on any atom is -0.445 e. The lowest BCUT2D eigenvalue weighted by Gasteiger charge is -2.10. The minimum atomic E-state index is -0.524. The summed E-state index contributed by atoms with van der Waals surface area (Å²) in [6.45, 7) is 4.21. The van der Waals surface area contributed by atoms with Crippen LogP contribution in [0.2, 0.25) is 0 Å². The summed E-state index contributed by atoms with van der Waals surface area (Å²) in [5.41, 5.74) is 10.3. The topological polar surface area (TPSA) is 123 Å². The van der Waals surface area contributed by atoms with Crippen LogP contribution in [-0.4, -0.2) is 23.9 Å². The van der Waals surface area contributed by atoms with Gasteiger partial charge in [-0.1, -0.05) is 62.4 Å². The number of nitrogens with one attached hydrogen (secondary N) is 3. The number of para-hydroxylation sites is 2. The third-order valence-corrected chi connectivity index (χ3v) is 6.28. The molecule has 3 aromatic rings. The van der Waals surface area contributed by atoms with Crippen molar-refractivity contribution in [2.75, 3.05) is 11.1 Å². The maximum atomic E-state index is 12.4. The summed E-state index contributed by atoms with van der Waals surface area (Å²) in [5, 5.41) is 8.57. The average Bonchev–Trinajstić information content (AvgIpc) is 3.67. The first kappa shape index (κ1) is 25.8. The highest BCUT2D eigenvalue weighted by molar-refractivity contribution is 6.05. The summed E-state index contributed by atoms with van der Waals surface area (Å²) in [7, 11) is 0. The fraction of sp³-hybridized carbons (Fsp3) is 0.276. The Hall–Kier alpha value is -4.33. The maximum Gasteiger partial charge on any atom is 0.407 e. The summed E-state index contributed by atoms with van der Waals surface area (Å²) in [5.74, 6) is 0.145. The summed E-state index contributed by atoms with van der Waals surface area (Å²) in [4.78, 5) is 36.4. The number of hydrogen-bond donors (Lipinski definition) is 4. The van der Waals surface area contributed by atoms with Gasteiger partial charge in [0.05, 0.1) is 11.4 Å². The van der Waals surface area contributed by atoms with Gasteiger partial charge in [-0.2, -0.15) is 0 Å². The molecule has 4 rings (SSSR count). The summed E-state index contributed by atoms with van der Waals surface area (Å²) in [6, 6.07) is 22.1. The zero-order valence-electron chi connectivity index (χ0n) is 21.0. The zero-order valence-corrected chi connectivity index (χ0v) is 21.0. The van der Waals surface area contributed by atoms with Crippen molar-refractivity contribution < 1.29 is 19.1 Å². The van der Waals surface area contributed by atoms with Gasteiger partial charge in [-0.25, -0.2) is 4.79 Å². The first-order valence-electron chi connectivity index (χ1n) is 12.3. The highest BCUT2D eigenvalue weighted by atomic mass is 16.5. The Morgan fingerprint density at radius 1 is 0.946 bits per heavy atom. The zero-order chi connectivity index (χ0) is 26.4.